The molecule has 2 amide bonds. The Labute approximate surface area is 225 Å². The fourth-order valence-corrected chi connectivity index (χ4v) is 4.78. The molecule has 2 saturated heterocycles. The van der Waals surface area contributed by atoms with E-state index in [2.05, 4.69) is 46.5 Å². The van der Waals surface area contributed by atoms with E-state index in [1.807, 2.05) is 0 Å². The number of hydrogen-bond acceptors (Lipinski definition) is 8. The summed E-state index contributed by atoms with van der Waals surface area (Å²) in [5.41, 5.74) is 2.60. The summed E-state index contributed by atoms with van der Waals surface area (Å²) >= 11 is 0. The van der Waals surface area contributed by atoms with Crippen molar-refractivity contribution in [2.24, 2.45) is 0 Å². The zero-order valence-corrected chi connectivity index (χ0v) is 22.1. The number of ether oxygens (including phenoxy) is 1. The Morgan fingerprint density at radius 2 is 2.00 bits per heavy atom. The molecule has 206 valence electrons. The monoisotopic (exact) mass is 536 g/mol. The van der Waals surface area contributed by atoms with Gasteiger partial charge in [0.15, 0.2) is 5.65 Å². The predicted molar refractivity (Wildman–Crippen MR) is 145 cm³/mol. The molecular weight excluding hydrogens is 503 g/mol. The number of hydrogen-bond donors (Lipinski definition) is 3. The number of halogens is 1. The molecule has 2 aliphatic rings. The van der Waals surface area contributed by atoms with E-state index in [0.717, 1.165) is 18.4 Å². The lowest BCUT2D eigenvalue weighted by Gasteiger charge is -2.39. The van der Waals surface area contributed by atoms with Gasteiger partial charge >= 0.3 is 0 Å². The number of anilines is 3. The fraction of sp³-hybridized carbons (Fsp3) is 0.444. The van der Waals surface area contributed by atoms with Gasteiger partial charge in [0.1, 0.15) is 11.9 Å². The Morgan fingerprint density at radius 3 is 2.69 bits per heavy atom. The first-order chi connectivity index (χ1) is 18.8. The molecule has 0 radical (unpaired) electrons. The van der Waals surface area contributed by atoms with Crippen molar-refractivity contribution >= 4 is 35.0 Å². The topological polar surface area (TPSA) is 126 Å². The predicted octanol–water partition coefficient (Wildman–Crippen LogP) is 3.32. The van der Waals surface area contributed by atoms with Crippen LogP contribution in [0.5, 0.6) is 0 Å². The molecule has 39 heavy (non-hydrogen) atoms. The van der Waals surface area contributed by atoms with Crippen molar-refractivity contribution in [3.8, 4) is 0 Å². The normalized spacial score (nSPS) is 17.6. The van der Waals surface area contributed by atoms with Crippen LogP contribution in [0.25, 0.3) is 5.65 Å². The first kappa shape index (κ1) is 26.5. The molecule has 12 heteroatoms. The molecule has 0 bridgehead atoms. The second-order valence-electron chi connectivity index (χ2n) is 10.1. The summed E-state index contributed by atoms with van der Waals surface area (Å²) in [6.07, 6.45) is 5.25. The highest BCUT2D eigenvalue weighted by Gasteiger charge is 2.36. The van der Waals surface area contributed by atoms with Crippen LogP contribution in [0.3, 0.4) is 0 Å². The summed E-state index contributed by atoms with van der Waals surface area (Å²) in [7, 11) is 0. The van der Waals surface area contributed by atoms with Crippen LogP contribution in [0, 0.1) is 5.82 Å². The number of nitrogens with one attached hydrogen (secondary N) is 3. The van der Waals surface area contributed by atoms with Crippen LogP contribution in [-0.2, 0) is 20.9 Å². The summed E-state index contributed by atoms with van der Waals surface area (Å²) in [5.74, 6) is 0.0127. The van der Waals surface area contributed by atoms with Crippen molar-refractivity contribution in [2.75, 3.05) is 35.7 Å². The van der Waals surface area contributed by atoms with E-state index in [1.54, 1.807) is 16.8 Å². The van der Waals surface area contributed by atoms with Gasteiger partial charge < -0.3 is 25.6 Å². The van der Waals surface area contributed by atoms with Crippen LogP contribution in [-0.4, -0.2) is 68.1 Å². The molecule has 11 nitrogen and oxygen atoms in total. The molecule has 1 aromatic carbocycles. The van der Waals surface area contributed by atoms with Crippen molar-refractivity contribution in [3.63, 3.8) is 0 Å². The highest BCUT2D eigenvalue weighted by molar-refractivity contribution is 6.00. The van der Waals surface area contributed by atoms with E-state index in [4.69, 9.17) is 9.72 Å². The lowest BCUT2D eigenvalue weighted by molar-refractivity contribution is -0.141. The van der Waals surface area contributed by atoms with E-state index in [1.165, 1.54) is 23.1 Å². The van der Waals surface area contributed by atoms with E-state index < -0.39 is 11.9 Å². The van der Waals surface area contributed by atoms with Crippen molar-refractivity contribution in [3.05, 3.63) is 54.0 Å². The zero-order chi connectivity index (χ0) is 27.5. The van der Waals surface area contributed by atoms with E-state index in [9.17, 15) is 14.0 Å². The Kier molecular flexibility index (Phi) is 7.73. The van der Waals surface area contributed by atoms with Gasteiger partial charge in [-0.3, -0.25) is 9.59 Å². The van der Waals surface area contributed by atoms with E-state index in [-0.39, 0.29) is 30.3 Å². The van der Waals surface area contributed by atoms with Gasteiger partial charge in [-0.25, -0.2) is 4.39 Å². The number of rotatable bonds is 9. The zero-order valence-electron chi connectivity index (χ0n) is 22.1. The van der Waals surface area contributed by atoms with Crippen LogP contribution in [0.1, 0.15) is 50.2 Å². The van der Waals surface area contributed by atoms with Gasteiger partial charge in [-0.1, -0.05) is 20.4 Å². The minimum atomic E-state index is -0.591. The summed E-state index contributed by atoms with van der Waals surface area (Å²) in [5, 5.41) is 13.9. The smallest absolute Gasteiger partial charge is 0.247 e. The van der Waals surface area contributed by atoms with Gasteiger partial charge in [0.2, 0.25) is 23.7 Å². The third-order valence-electron chi connectivity index (χ3n) is 7.03. The van der Waals surface area contributed by atoms with Crippen molar-refractivity contribution in [1.29, 1.82) is 0 Å². The van der Waals surface area contributed by atoms with E-state index in [0.29, 0.717) is 55.0 Å². The number of amides is 2. The lowest BCUT2D eigenvalue weighted by atomic mass is 10.0. The van der Waals surface area contributed by atoms with Gasteiger partial charge in [-0.05, 0) is 55.0 Å². The average molecular weight is 537 g/mol. The van der Waals surface area contributed by atoms with Gasteiger partial charge in [0, 0.05) is 43.6 Å². The molecule has 0 aliphatic carbocycles. The third-order valence-corrected chi connectivity index (χ3v) is 7.03. The number of likely N-dealkylation sites (tertiary alicyclic amines) is 1. The highest BCUT2D eigenvalue weighted by Crippen LogP contribution is 2.25. The van der Waals surface area contributed by atoms with Crippen LogP contribution >= 0.6 is 0 Å². The molecule has 1 atom stereocenters. The molecule has 3 N–H and O–H groups in total. The Balaban J connectivity index is 1.34. The maximum Gasteiger partial charge on any atom is 0.247 e. The Bertz CT molecular complexity index is 1380. The number of fused-ring (bicyclic) bond motifs is 1. The quantitative estimate of drug-likeness (QED) is 0.356. The fourth-order valence-electron chi connectivity index (χ4n) is 4.78. The molecule has 2 fully saturated rings. The number of carbonyl (C=O) groups is 2. The van der Waals surface area contributed by atoms with Gasteiger partial charge in [-0.15, -0.1) is 0 Å². The maximum atomic E-state index is 14.5. The molecule has 4 heterocycles. The van der Waals surface area contributed by atoms with Crippen molar-refractivity contribution in [2.45, 2.75) is 57.7 Å². The SMILES string of the molecule is C=CC(=O)N1CCC1C(=O)Nc1cc(F)cc(CNc2nc(NC3CCOCC3)nc3c(C(C)C)cnn23)c1. The summed E-state index contributed by atoms with van der Waals surface area (Å²) in [6, 6.07) is 3.95. The van der Waals surface area contributed by atoms with Crippen LogP contribution in [0.15, 0.2) is 37.1 Å². The second kappa shape index (κ2) is 11.4. The third kappa shape index (κ3) is 5.85. The van der Waals surface area contributed by atoms with Crippen molar-refractivity contribution < 1.29 is 18.7 Å². The maximum absolute atomic E-state index is 14.5. The Morgan fingerprint density at radius 1 is 1.21 bits per heavy atom. The summed E-state index contributed by atoms with van der Waals surface area (Å²) in [4.78, 5) is 35.4. The standard InChI is InChI=1S/C27H33FN8O3/c1-4-23(37)35-8-5-22(35)25(38)31-20-12-17(11-18(28)13-20)14-29-27-34-26(32-19-6-9-39-10-7-19)33-24-21(16(2)3)15-30-36(24)27/h4,11-13,15-16,19,22H,1,5-10,14H2,2-3H3,(H,31,38)(H2,29,32,33,34). The first-order valence-corrected chi connectivity index (χ1v) is 13.2. The van der Waals surface area contributed by atoms with Crippen LogP contribution < -0.4 is 16.0 Å². The van der Waals surface area contributed by atoms with Crippen molar-refractivity contribution in [1.82, 2.24) is 24.5 Å². The lowest BCUT2D eigenvalue weighted by Crippen LogP contribution is -2.56. The summed E-state index contributed by atoms with van der Waals surface area (Å²) in [6.45, 7) is 9.73. The minimum Gasteiger partial charge on any atom is -0.381 e. The first-order valence-electron chi connectivity index (χ1n) is 13.2. The molecule has 2 aromatic heterocycles. The second-order valence-corrected chi connectivity index (χ2v) is 10.1. The number of carbonyl (C=O) groups excluding carboxylic acids is 2. The molecule has 3 aromatic rings. The molecule has 5 rings (SSSR count). The summed E-state index contributed by atoms with van der Waals surface area (Å²) < 4.78 is 21.6. The highest BCUT2D eigenvalue weighted by atomic mass is 19.1. The largest absolute Gasteiger partial charge is 0.381 e. The van der Waals surface area contributed by atoms with Crippen LogP contribution in [0.2, 0.25) is 0 Å². The number of aromatic nitrogens is 4. The molecular formula is C27H33FN8O3. The minimum absolute atomic E-state index is 0.210. The Hall–Kier alpha value is -4.06. The number of nitrogens with zero attached hydrogens (tertiary/aromatic N) is 5. The van der Waals surface area contributed by atoms with Gasteiger partial charge in [0.05, 0.1) is 6.20 Å². The number of benzene rings is 1. The van der Waals surface area contributed by atoms with E-state index >= 15 is 0 Å². The molecule has 0 saturated carbocycles. The van der Waals surface area contributed by atoms with Gasteiger partial charge in [0.25, 0.3) is 0 Å². The average Bonchev–Trinajstić information content (AvgIpc) is 3.31. The van der Waals surface area contributed by atoms with Gasteiger partial charge in [-0.2, -0.15) is 19.6 Å². The molecule has 1 unspecified atom stereocenters. The molecule has 0 spiro atoms. The molecule has 2 aliphatic heterocycles. The van der Waals surface area contributed by atoms with Crippen LogP contribution in [0.4, 0.5) is 22.0 Å².